The number of carboxylic acids is 1. The van der Waals surface area contributed by atoms with Crippen molar-refractivity contribution in [1.82, 2.24) is 10.7 Å². The van der Waals surface area contributed by atoms with Gasteiger partial charge in [-0.1, -0.05) is 12.1 Å². The van der Waals surface area contributed by atoms with Gasteiger partial charge in [0.1, 0.15) is 11.6 Å². The Morgan fingerprint density at radius 3 is 2.59 bits per heavy atom. The number of hydrogen-bond donors (Lipinski definition) is 3. The molecule has 2 rings (SSSR count). The summed E-state index contributed by atoms with van der Waals surface area (Å²) in [5.41, 5.74) is 5.57. The lowest BCUT2D eigenvalue weighted by atomic mass is 10.0. The number of aliphatic carboxylic acids is 1. The van der Waals surface area contributed by atoms with Gasteiger partial charge < -0.3 is 15.2 Å². The molecule has 3 N–H and O–H groups in total. The van der Waals surface area contributed by atoms with E-state index in [1.165, 1.54) is 19.2 Å². The lowest BCUT2D eigenvalue weighted by Crippen LogP contribution is -2.32. The maximum atomic E-state index is 12.9. The van der Waals surface area contributed by atoms with Crippen molar-refractivity contribution >= 4 is 29.0 Å². The number of nitrogens with one attached hydrogen (secondary N) is 2. The molecule has 0 fully saturated rings. The molecule has 0 aromatic heterocycles. The number of ether oxygens (including phenoxy) is 1. The van der Waals surface area contributed by atoms with Crippen LogP contribution in [0.15, 0.2) is 47.6 Å². The predicted molar refractivity (Wildman–Crippen MR) is 106 cm³/mol. The Morgan fingerprint density at radius 2 is 1.96 bits per heavy atom. The summed E-state index contributed by atoms with van der Waals surface area (Å²) in [5, 5.41) is 16.5. The third kappa shape index (κ3) is 6.34. The van der Waals surface area contributed by atoms with E-state index in [2.05, 4.69) is 15.8 Å². The van der Waals surface area contributed by atoms with Crippen molar-refractivity contribution in [3.8, 4) is 5.75 Å². The Kier molecular flexibility index (Phi) is 7.25. The van der Waals surface area contributed by atoms with Crippen LogP contribution in [0.1, 0.15) is 23.6 Å². The van der Waals surface area contributed by atoms with Gasteiger partial charge in [0.2, 0.25) is 0 Å². The molecule has 0 aliphatic carbocycles. The van der Waals surface area contributed by atoms with Gasteiger partial charge in [0.15, 0.2) is 5.11 Å². The minimum Gasteiger partial charge on any atom is -0.496 e. The molecule has 142 valence electrons. The first kappa shape index (κ1) is 20.3. The zero-order valence-electron chi connectivity index (χ0n) is 15.0. The van der Waals surface area contributed by atoms with E-state index >= 15 is 0 Å². The monoisotopic (exact) mass is 389 g/mol. The highest BCUT2D eigenvalue weighted by Gasteiger charge is 2.10. The van der Waals surface area contributed by atoms with Gasteiger partial charge in [-0.25, -0.2) is 4.39 Å². The molecule has 0 amide bonds. The van der Waals surface area contributed by atoms with Crippen molar-refractivity contribution in [1.29, 1.82) is 0 Å². The summed E-state index contributed by atoms with van der Waals surface area (Å²) < 4.78 is 18.1. The van der Waals surface area contributed by atoms with Crippen LogP contribution in [0.4, 0.5) is 4.39 Å². The van der Waals surface area contributed by atoms with Crippen LogP contribution in [0.5, 0.6) is 5.75 Å². The molecule has 0 heterocycles. The fourth-order valence-corrected chi connectivity index (χ4v) is 2.45. The van der Waals surface area contributed by atoms with Crippen molar-refractivity contribution in [2.45, 2.75) is 19.9 Å². The largest absolute Gasteiger partial charge is 0.496 e. The molecular formula is C19H20FN3O3S. The van der Waals surface area contributed by atoms with Gasteiger partial charge in [-0.05, 0) is 60.6 Å². The first-order valence-corrected chi connectivity index (χ1v) is 8.51. The van der Waals surface area contributed by atoms with Crippen LogP contribution in [0.2, 0.25) is 0 Å². The van der Waals surface area contributed by atoms with Gasteiger partial charge >= 0.3 is 5.97 Å². The van der Waals surface area contributed by atoms with Crippen LogP contribution < -0.4 is 15.5 Å². The Labute approximate surface area is 162 Å². The fourth-order valence-electron chi connectivity index (χ4n) is 2.33. The quantitative estimate of drug-likeness (QED) is 0.384. The molecule has 0 unspecified atom stereocenters. The van der Waals surface area contributed by atoms with Crippen molar-refractivity contribution < 1.29 is 19.0 Å². The molecule has 0 radical (unpaired) electrons. The van der Waals surface area contributed by atoms with E-state index in [1.54, 1.807) is 37.3 Å². The second-order valence-corrected chi connectivity index (χ2v) is 6.12. The van der Waals surface area contributed by atoms with Crippen molar-refractivity contribution in [3.05, 3.63) is 65.0 Å². The molecule has 0 bridgehead atoms. The number of benzene rings is 2. The lowest BCUT2D eigenvalue weighted by Gasteiger charge is -2.10. The number of methoxy groups -OCH3 is 1. The second-order valence-electron chi connectivity index (χ2n) is 5.72. The molecule has 0 atom stereocenters. The second kappa shape index (κ2) is 9.63. The first-order valence-electron chi connectivity index (χ1n) is 8.10. The summed E-state index contributed by atoms with van der Waals surface area (Å²) in [7, 11) is 1.49. The number of thiocarbonyl (C=S) groups is 1. The molecule has 0 aliphatic heterocycles. The highest BCUT2D eigenvalue weighted by atomic mass is 32.1. The number of rotatable bonds is 7. The van der Waals surface area contributed by atoms with Crippen LogP contribution in [-0.2, 0) is 17.8 Å². The SMILES string of the molecule is COc1ccc(/C(C)=N\NC(=S)NCc2ccc(F)cc2)cc1CC(=O)O. The highest BCUT2D eigenvalue weighted by Crippen LogP contribution is 2.21. The third-order valence-corrected chi connectivity index (χ3v) is 3.97. The van der Waals surface area contributed by atoms with Crippen molar-refractivity contribution in [2.24, 2.45) is 5.10 Å². The molecule has 0 spiro atoms. The molecule has 0 aliphatic rings. The van der Waals surface area contributed by atoms with Gasteiger partial charge in [0.25, 0.3) is 0 Å². The normalized spacial score (nSPS) is 11.0. The van der Waals surface area contributed by atoms with Gasteiger partial charge in [-0.2, -0.15) is 5.10 Å². The molecular weight excluding hydrogens is 369 g/mol. The van der Waals surface area contributed by atoms with Crippen LogP contribution in [-0.4, -0.2) is 29.0 Å². The topological polar surface area (TPSA) is 83.0 Å². The number of carboxylic acid groups (broad SMARTS) is 1. The fraction of sp³-hybridized carbons (Fsp3) is 0.211. The summed E-state index contributed by atoms with van der Waals surface area (Å²) in [6.45, 7) is 2.22. The number of hydrazone groups is 1. The van der Waals surface area contributed by atoms with E-state index in [4.69, 9.17) is 22.1 Å². The molecule has 0 saturated heterocycles. The summed E-state index contributed by atoms with van der Waals surface area (Å²) in [4.78, 5) is 11.0. The average molecular weight is 389 g/mol. The van der Waals surface area contributed by atoms with E-state index in [-0.39, 0.29) is 12.2 Å². The summed E-state index contributed by atoms with van der Waals surface area (Å²) in [6, 6.07) is 11.3. The summed E-state index contributed by atoms with van der Waals surface area (Å²) >= 11 is 5.17. The van der Waals surface area contributed by atoms with Crippen LogP contribution >= 0.6 is 12.2 Å². The molecule has 8 heteroatoms. The smallest absolute Gasteiger partial charge is 0.307 e. The van der Waals surface area contributed by atoms with E-state index in [9.17, 15) is 9.18 Å². The number of hydrogen-bond acceptors (Lipinski definition) is 4. The molecule has 27 heavy (non-hydrogen) atoms. The lowest BCUT2D eigenvalue weighted by molar-refractivity contribution is -0.136. The Balaban J connectivity index is 1.98. The van der Waals surface area contributed by atoms with Crippen molar-refractivity contribution in [2.75, 3.05) is 7.11 Å². The minimum absolute atomic E-state index is 0.143. The van der Waals surface area contributed by atoms with Gasteiger partial charge in [0.05, 0.1) is 19.2 Å². The highest BCUT2D eigenvalue weighted by molar-refractivity contribution is 7.80. The third-order valence-electron chi connectivity index (χ3n) is 3.73. The van der Waals surface area contributed by atoms with Gasteiger partial charge in [-0.3, -0.25) is 10.2 Å². The summed E-state index contributed by atoms with van der Waals surface area (Å²) in [5.74, 6) is -0.718. The van der Waals surface area contributed by atoms with Crippen LogP contribution in [0.3, 0.4) is 0 Å². The molecule has 0 saturated carbocycles. The van der Waals surface area contributed by atoms with E-state index in [1.807, 2.05) is 0 Å². The maximum Gasteiger partial charge on any atom is 0.307 e. The Hall–Kier alpha value is -3.00. The van der Waals surface area contributed by atoms with Gasteiger partial charge in [-0.15, -0.1) is 0 Å². The summed E-state index contributed by atoms with van der Waals surface area (Å²) in [6.07, 6.45) is -0.143. The van der Waals surface area contributed by atoms with Crippen molar-refractivity contribution in [3.63, 3.8) is 0 Å². The Morgan fingerprint density at radius 1 is 1.26 bits per heavy atom. The maximum absolute atomic E-state index is 12.9. The van der Waals surface area contributed by atoms with E-state index in [0.717, 1.165) is 11.1 Å². The van der Waals surface area contributed by atoms with Gasteiger partial charge in [0, 0.05) is 12.1 Å². The standard InChI is InChI=1S/C19H20FN3O3S/c1-12(14-5-8-17(26-2)15(9-14)10-18(24)25)22-23-19(27)21-11-13-3-6-16(20)7-4-13/h3-9H,10-11H2,1-2H3,(H,24,25)(H2,21,23,27)/b22-12-. The van der Waals surface area contributed by atoms with E-state index in [0.29, 0.717) is 28.7 Å². The average Bonchev–Trinajstić information content (AvgIpc) is 2.65. The van der Waals surface area contributed by atoms with Crippen LogP contribution in [0.25, 0.3) is 0 Å². The first-order chi connectivity index (χ1) is 12.9. The molecule has 2 aromatic rings. The Bertz CT molecular complexity index is 854. The molecule has 6 nitrogen and oxygen atoms in total. The van der Waals surface area contributed by atoms with E-state index < -0.39 is 5.97 Å². The minimum atomic E-state index is -0.940. The number of halogens is 1. The number of nitrogens with zero attached hydrogens (tertiary/aromatic N) is 1. The predicted octanol–water partition coefficient (Wildman–Crippen LogP) is 2.85. The van der Waals surface area contributed by atoms with Crippen LogP contribution in [0, 0.1) is 5.82 Å². The number of carbonyl (C=O) groups is 1. The zero-order chi connectivity index (χ0) is 19.8. The molecule has 2 aromatic carbocycles. The zero-order valence-corrected chi connectivity index (χ0v) is 15.8.